The predicted octanol–water partition coefficient (Wildman–Crippen LogP) is 7.91. The van der Waals surface area contributed by atoms with Crippen molar-refractivity contribution in [3.05, 3.63) is 106 Å². The highest BCUT2D eigenvalue weighted by Gasteiger charge is 2.32. The number of methoxy groups -OCH3 is 2. The molecule has 0 N–H and O–H groups in total. The number of rotatable bonds is 7. The zero-order valence-electron chi connectivity index (χ0n) is 20.5. The molecule has 37 heavy (non-hydrogen) atoms. The van der Waals surface area contributed by atoms with E-state index in [9.17, 15) is 0 Å². The van der Waals surface area contributed by atoms with E-state index in [2.05, 4.69) is 82.5 Å². The Hall–Kier alpha value is -3.94. The number of nitrogens with zero attached hydrogens (tertiary/aromatic N) is 3. The van der Waals surface area contributed by atoms with Gasteiger partial charge in [-0.2, -0.15) is 5.10 Å². The maximum absolute atomic E-state index is 5.59. The predicted molar refractivity (Wildman–Crippen MR) is 153 cm³/mol. The molecule has 0 bridgehead atoms. The SMILES string of the molecule is COc1ccc([C@@H]2CC(c3cccs3)=NN2c2nc(-c3ccc(-c4ccccc4)cc3)cs2)cc1OC. The minimum atomic E-state index is 0.0105. The van der Waals surface area contributed by atoms with Crippen molar-refractivity contribution in [1.82, 2.24) is 4.98 Å². The number of hydrogen-bond acceptors (Lipinski definition) is 7. The lowest BCUT2D eigenvalue weighted by Crippen LogP contribution is -2.18. The van der Waals surface area contributed by atoms with Crippen molar-refractivity contribution in [2.24, 2.45) is 5.10 Å². The molecule has 0 saturated heterocycles. The van der Waals surface area contributed by atoms with E-state index in [-0.39, 0.29) is 6.04 Å². The van der Waals surface area contributed by atoms with Crippen molar-refractivity contribution in [2.75, 3.05) is 19.2 Å². The second-order valence-electron chi connectivity index (χ2n) is 8.66. The topological polar surface area (TPSA) is 47.0 Å². The average Bonchev–Trinajstić information content (AvgIpc) is 3.74. The van der Waals surface area contributed by atoms with Crippen LogP contribution in [-0.2, 0) is 0 Å². The number of hydrazone groups is 1. The Morgan fingerprint density at radius 3 is 2.27 bits per heavy atom. The van der Waals surface area contributed by atoms with Crippen LogP contribution in [0.1, 0.15) is 22.9 Å². The first kappa shape index (κ1) is 23.5. The molecule has 2 aromatic heterocycles. The monoisotopic (exact) mass is 523 g/mol. The standard InChI is InChI=1S/C30H25N3O2S2/c1-34-27-15-14-23(17-28(27)35-2)26-18-24(29-9-6-16-36-29)32-33(26)30-31-25(19-37-30)22-12-10-21(11-13-22)20-7-4-3-5-8-20/h3-17,19,26H,18H2,1-2H3/t26-/m0/s1. The molecule has 0 fully saturated rings. The smallest absolute Gasteiger partial charge is 0.207 e. The molecule has 3 aromatic carbocycles. The average molecular weight is 524 g/mol. The highest BCUT2D eigenvalue weighted by molar-refractivity contribution is 7.14. The molecule has 1 aliphatic heterocycles. The molecular weight excluding hydrogens is 498 g/mol. The number of anilines is 1. The molecule has 0 spiro atoms. The number of aromatic nitrogens is 1. The van der Waals surface area contributed by atoms with Gasteiger partial charge in [-0.05, 0) is 40.3 Å². The third-order valence-corrected chi connectivity index (χ3v) is 8.23. The first-order valence-corrected chi connectivity index (χ1v) is 13.7. The molecule has 0 saturated carbocycles. The van der Waals surface area contributed by atoms with Crippen LogP contribution >= 0.6 is 22.7 Å². The molecule has 3 heterocycles. The Morgan fingerprint density at radius 1 is 0.784 bits per heavy atom. The van der Waals surface area contributed by atoms with Crippen LogP contribution < -0.4 is 14.5 Å². The van der Waals surface area contributed by atoms with Crippen LogP contribution in [0.2, 0.25) is 0 Å². The molecule has 7 heteroatoms. The normalized spacial score (nSPS) is 15.0. The number of benzene rings is 3. The number of ether oxygens (including phenoxy) is 2. The molecule has 1 atom stereocenters. The van der Waals surface area contributed by atoms with E-state index in [1.165, 1.54) is 16.0 Å². The lowest BCUT2D eigenvalue weighted by molar-refractivity contribution is 0.354. The molecule has 6 rings (SSSR count). The van der Waals surface area contributed by atoms with E-state index in [0.29, 0.717) is 11.5 Å². The first-order valence-electron chi connectivity index (χ1n) is 12.0. The summed E-state index contributed by atoms with van der Waals surface area (Å²) in [6, 6.07) is 29.3. The zero-order valence-corrected chi connectivity index (χ0v) is 22.1. The minimum Gasteiger partial charge on any atom is -0.493 e. The fourth-order valence-electron chi connectivity index (χ4n) is 4.56. The minimum absolute atomic E-state index is 0.0105. The van der Waals surface area contributed by atoms with Crippen LogP contribution in [-0.4, -0.2) is 24.9 Å². The van der Waals surface area contributed by atoms with Crippen molar-refractivity contribution in [3.63, 3.8) is 0 Å². The Kier molecular flexibility index (Phi) is 6.47. The number of thiophene rings is 1. The summed E-state index contributed by atoms with van der Waals surface area (Å²) in [6.07, 6.45) is 0.788. The fourth-order valence-corrected chi connectivity index (χ4v) is 6.12. The second-order valence-corrected chi connectivity index (χ2v) is 10.4. The molecule has 0 unspecified atom stereocenters. The molecule has 5 nitrogen and oxygen atoms in total. The van der Waals surface area contributed by atoms with Gasteiger partial charge in [0.2, 0.25) is 5.13 Å². The van der Waals surface area contributed by atoms with Crippen LogP contribution in [0.5, 0.6) is 11.5 Å². The molecule has 0 aliphatic carbocycles. The van der Waals surface area contributed by atoms with Gasteiger partial charge in [0.15, 0.2) is 11.5 Å². The van der Waals surface area contributed by atoms with E-state index in [1.54, 1.807) is 36.9 Å². The van der Waals surface area contributed by atoms with E-state index < -0.39 is 0 Å². The van der Waals surface area contributed by atoms with Crippen molar-refractivity contribution in [3.8, 4) is 33.9 Å². The van der Waals surface area contributed by atoms with Crippen LogP contribution in [0.25, 0.3) is 22.4 Å². The largest absolute Gasteiger partial charge is 0.493 e. The highest BCUT2D eigenvalue weighted by atomic mass is 32.1. The van der Waals surface area contributed by atoms with E-state index in [0.717, 1.165) is 34.1 Å². The Balaban J connectivity index is 1.33. The van der Waals surface area contributed by atoms with Crippen molar-refractivity contribution >= 4 is 33.5 Å². The Bertz CT molecular complexity index is 1530. The fraction of sp³-hybridized carbons (Fsp3) is 0.133. The third-order valence-electron chi connectivity index (χ3n) is 6.48. The third kappa shape index (κ3) is 4.63. The quantitative estimate of drug-likeness (QED) is 0.217. The summed E-state index contributed by atoms with van der Waals surface area (Å²) < 4.78 is 11.0. The summed E-state index contributed by atoms with van der Waals surface area (Å²) in [5.74, 6) is 1.42. The molecule has 0 radical (unpaired) electrons. The zero-order chi connectivity index (χ0) is 25.2. The first-order chi connectivity index (χ1) is 18.2. The van der Waals surface area contributed by atoms with Gasteiger partial charge in [0.05, 0.1) is 36.5 Å². The summed E-state index contributed by atoms with van der Waals surface area (Å²) in [5.41, 5.74) is 6.61. The van der Waals surface area contributed by atoms with Gasteiger partial charge in [0, 0.05) is 17.4 Å². The van der Waals surface area contributed by atoms with Gasteiger partial charge in [-0.3, -0.25) is 0 Å². The number of hydrogen-bond donors (Lipinski definition) is 0. The van der Waals surface area contributed by atoms with Gasteiger partial charge in [0.25, 0.3) is 0 Å². The lowest BCUT2D eigenvalue weighted by Gasteiger charge is -2.22. The Morgan fingerprint density at radius 2 is 1.54 bits per heavy atom. The Labute approximate surface area is 224 Å². The summed E-state index contributed by atoms with van der Waals surface area (Å²) >= 11 is 3.32. The van der Waals surface area contributed by atoms with Crippen LogP contribution in [0.3, 0.4) is 0 Å². The summed E-state index contributed by atoms with van der Waals surface area (Å²) in [6.45, 7) is 0. The molecule has 1 aliphatic rings. The van der Waals surface area contributed by atoms with Gasteiger partial charge in [-0.15, -0.1) is 22.7 Å². The van der Waals surface area contributed by atoms with Gasteiger partial charge < -0.3 is 9.47 Å². The van der Waals surface area contributed by atoms with Crippen molar-refractivity contribution in [1.29, 1.82) is 0 Å². The molecule has 5 aromatic rings. The van der Waals surface area contributed by atoms with E-state index in [1.807, 2.05) is 18.2 Å². The summed E-state index contributed by atoms with van der Waals surface area (Å²) in [5, 5.41) is 12.2. The van der Waals surface area contributed by atoms with Crippen molar-refractivity contribution in [2.45, 2.75) is 12.5 Å². The van der Waals surface area contributed by atoms with E-state index >= 15 is 0 Å². The second kappa shape index (κ2) is 10.2. The summed E-state index contributed by atoms with van der Waals surface area (Å²) in [7, 11) is 3.32. The maximum atomic E-state index is 5.59. The van der Waals surface area contributed by atoms with Crippen LogP contribution in [0.15, 0.2) is 101 Å². The lowest BCUT2D eigenvalue weighted by atomic mass is 10.0. The molecule has 184 valence electrons. The molecule has 0 amide bonds. The van der Waals surface area contributed by atoms with E-state index in [4.69, 9.17) is 19.6 Å². The van der Waals surface area contributed by atoms with Gasteiger partial charge >= 0.3 is 0 Å². The van der Waals surface area contributed by atoms with Gasteiger partial charge in [-0.1, -0.05) is 66.7 Å². The molecular formula is C30H25N3O2S2. The summed E-state index contributed by atoms with van der Waals surface area (Å²) in [4.78, 5) is 6.20. The van der Waals surface area contributed by atoms with Gasteiger partial charge in [-0.25, -0.2) is 9.99 Å². The number of thiazole rings is 1. The van der Waals surface area contributed by atoms with Crippen LogP contribution in [0.4, 0.5) is 5.13 Å². The van der Waals surface area contributed by atoms with Crippen molar-refractivity contribution < 1.29 is 9.47 Å². The maximum Gasteiger partial charge on any atom is 0.207 e. The highest BCUT2D eigenvalue weighted by Crippen LogP contribution is 2.42. The van der Waals surface area contributed by atoms with Crippen LogP contribution in [0, 0.1) is 0 Å². The van der Waals surface area contributed by atoms with Gasteiger partial charge in [0.1, 0.15) is 0 Å².